The molecule has 2 fully saturated rings. The molecule has 2 saturated heterocycles. The van der Waals surface area contributed by atoms with Gasteiger partial charge in [-0.05, 0) is 30.5 Å². The van der Waals surface area contributed by atoms with Gasteiger partial charge in [0.25, 0.3) is 0 Å². The van der Waals surface area contributed by atoms with Crippen LogP contribution in [0.4, 0.5) is 0 Å². The van der Waals surface area contributed by atoms with Crippen molar-refractivity contribution >= 4 is 5.97 Å². The van der Waals surface area contributed by atoms with E-state index in [0.29, 0.717) is 0 Å². The number of methoxy groups -OCH3 is 1. The van der Waals surface area contributed by atoms with Gasteiger partial charge in [0, 0.05) is 19.6 Å². The number of likely N-dealkylation sites (tertiary alicyclic amines) is 1. The number of fused-ring (bicyclic) bond motifs is 1. The number of hydrogen-bond acceptors (Lipinski definition) is 4. The Bertz CT molecular complexity index is 451. The topological polar surface area (TPSA) is 41.6 Å². The first-order chi connectivity index (χ1) is 9.78. The van der Waals surface area contributed by atoms with Gasteiger partial charge in [-0.2, -0.15) is 0 Å². The highest BCUT2D eigenvalue weighted by Crippen LogP contribution is 2.29. The zero-order valence-corrected chi connectivity index (χ0v) is 11.9. The molecule has 0 bridgehead atoms. The normalized spacial score (nSPS) is 27.2. The highest BCUT2D eigenvalue weighted by molar-refractivity contribution is 5.78. The van der Waals surface area contributed by atoms with Crippen molar-refractivity contribution in [3.05, 3.63) is 35.9 Å². The van der Waals surface area contributed by atoms with Gasteiger partial charge in [0.15, 0.2) is 0 Å². The molecule has 0 saturated carbocycles. The molecule has 3 atom stereocenters. The third-order valence-electron chi connectivity index (χ3n) is 4.59. The van der Waals surface area contributed by atoms with Gasteiger partial charge in [-0.15, -0.1) is 0 Å². The number of nitrogens with one attached hydrogen (secondary N) is 1. The number of ether oxygens (including phenoxy) is 1. The molecule has 1 aromatic carbocycles. The molecule has 20 heavy (non-hydrogen) atoms. The molecular weight excluding hydrogens is 252 g/mol. The Morgan fingerprint density at radius 3 is 2.55 bits per heavy atom. The van der Waals surface area contributed by atoms with Gasteiger partial charge < -0.3 is 15.0 Å². The lowest BCUT2D eigenvalue weighted by molar-refractivity contribution is -0.142. The molecule has 4 nitrogen and oxygen atoms in total. The first kappa shape index (κ1) is 13.6. The lowest BCUT2D eigenvalue weighted by atomic mass is 9.98. The summed E-state index contributed by atoms with van der Waals surface area (Å²) in [6, 6.07) is 9.96. The molecule has 3 rings (SSSR count). The van der Waals surface area contributed by atoms with Gasteiger partial charge >= 0.3 is 5.97 Å². The van der Waals surface area contributed by atoms with Gasteiger partial charge in [-0.1, -0.05) is 30.3 Å². The molecule has 1 N–H and O–H groups in total. The first-order valence-electron chi connectivity index (χ1n) is 7.33. The van der Waals surface area contributed by atoms with Crippen LogP contribution in [0, 0.1) is 11.8 Å². The molecule has 0 aromatic heterocycles. The molecule has 4 heteroatoms. The van der Waals surface area contributed by atoms with E-state index in [0.717, 1.165) is 50.1 Å². The molecule has 0 aliphatic carbocycles. The second-order valence-corrected chi connectivity index (χ2v) is 5.88. The van der Waals surface area contributed by atoms with E-state index in [4.69, 9.17) is 4.74 Å². The quantitative estimate of drug-likeness (QED) is 0.835. The van der Waals surface area contributed by atoms with Crippen LogP contribution in [0.1, 0.15) is 11.5 Å². The molecule has 1 unspecified atom stereocenters. The Morgan fingerprint density at radius 1 is 1.30 bits per heavy atom. The van der Waals surface area contributed by atoms with E-state index in [1.807, 2.05) is 30.3 Å². The van der Waals surface area contributed by atoms with Crippen molar-refractivity contribution in [1.82, 2.24) is 10.2 Å². The maximum Gasteiger partial charge on any atom is 0.314 e. The summed E-state index contributed by atoms with van der Waals surface area (Å²) in [5.74, 6) is 1.20. The van der Waals surface area contributed by atoms with Gasteiger partial charge in [0.2, 0.25) is 0 Å². The molecule has 0 spiro atoms. The Morgan fingerprint density at radius 2 is 1.95 bits per heavy atom. The smallest absolute Gasteiger partial charge is 0.314 e. The van der Waals surface area contributed by atoms with E-state index < -0.39 is 0 Å². The molecular formula is C16H22N2O2. The largest absolute Gasteiger partial charge is 0.469 e. The molecule has 2 aliphatic rings. The molecule has 2 aliphatic heterocycles. The summed E-state index contributed by atoms with van der Waals surface area (Å²) in [6.07, 6.45) is 0. The van der Waals surface area contributed by atoms with Crippen LogP contribution in [0.2, 0.25) is 0 Å². The summed E-state index contributed by atoms with van der Waals surface area (Å²) in [5, 5.41) is 3.45. The third kappa shape index (κ3) is 2.72. The number of hydrogen-bond donors (Lipinski definition) is 1. The number of esters is 1. The average Bonchev–Trinajstić information content (AvgIpc) is 3.06. The summed E-state index contributed by atoms with van der Waals surface area (Å²) in [5.41, 5.74) is 1.05. The summed E-state index contributed by atoms with van der Waals surface area (Å²) >= 11 is 0. The zero-order chi connectivity index (χ0) is 13.9. The Balaban J connectivity index is 1.70. The predicted octanol–water partition coefficient (Wildman–Crippen LogP) is 1.09. The van der Waals surface area contributed by atoms with Crippen LogP contribution < -0.4 is 5.32 Å². The Hall–Kier alpha value is -1.39. The van der Waals surface area contributed by atoms with Crippen molar-refractivity contribution in [2.45, 2.75) is 5.92 Å². The summed E-state index contributed by atoms with van der Waals surface area (Å²) in [7, 11) is 1.47. The standard InChI is InChI=1S/C16H22N2O2/c1-20-16(19)15(12-5-3-2-4-6-12)11-18-9-13-7-17-8-14(13)10-18/h2-6,13-15,17H,7-11H2,1H3/t13-,14+,15?. The van der Waals surface area contributed by atoms with Crippen LogP contribution in [-0.4, -0.2) is 50.7 Å². The van der Waals surface area contributed by atoms with E-state index >= 15 is 0 Å². The van der Waals surface area contributed by atoms with Crippen molar-refractivity contribution < 1.29 is 9.53 Å². The maximum atomic E-state index is 12.1. The van der Waals surface area contributed by atoms with Crippen LogP contribution in [0.3, 0.4) is 0 Å². The second-order valence-electron chi connectivity index (χ2n) is 5.88. The molecule has 2 heterocycles. The van der Waals surface area contributed by atoms with Crippen molar-refractivity contribution in [3.8, 4) is 0 Å². The number of rotatable bonds is 4. The first-order valence-corrected chi connectivity index (χ1v) is 7.33. The SMILES string of the molecule is COC(=O)C(CN1C[C@H]2CNC[C@H]2C1)c1ccccc1. The van der Waals surface area contributed by atoms with Crippen LogP contribution in [0.5, 0.6) is 0 Å². The predicted molar refractivity (Wildman–Crippen MR) is 77.5 cm³/mol. The fourth-order valence-electron chi connectivity index (χ4n) is 3.50. The minimum atomic E-state index is -0.173. The minimum absolute atomic E-state index is 0.133. The maximum absolute atomic E-state index is 12.1. The van der Waals surface area contributed by atoms with Gasteiger partial charge in [-0.3, -0.25) is 4.79 Å². The number of carbonyl (C=O) groups is 1. The molecule has 0 radical (unpaired) electrons. The number of carbonyl (C=O) groups excluding carboxylic acids is 1. The van der Waals surface area contributed by atoms with Gasteiger partial charge in [0.05, 0.1) is 13.0 Å². The van der Waals surface area contributed by atoms with Crippen LogP contribution in [0.15, 0.2) is 30.3 Å². The summed E-state index contributed by atoms with van der Waals surface area (Å²) in [4.78, 5) is 14.5. The summed E-state index contributed by atoms with van der Waals surface area (Å²) in [6.45, 7) is 5.20. The Kier molecular flexibility index (Phi) is 4.03. The van der Waals surface area contributed by atoms with E-state index in [9.17, 15) is 4.79 Å². The lowest BCUT2D eigenvalue weighted by Crippen LogP contribution is -2.33. The summed E-state index contributed by atoms with van der Waals surface area (Å²) < 4.78 is 4.99. The third-order valence-corrected chi connectivity index (χ3v) is 4.59. The van der Waals surface area contributed by atoms with Crippen molar-refractivity contribution in [2.75, 3.05) is 39.8 Å². The fraction of sp³-hybridized carbons (Fsp3) is 0.562. The highest BCUT2D eigenvalue weighted by Gasteiger charge is 2.37. The van der Waals surface area contributed by atoms with E-state index in [2.05, 4.69) is 10.2 Å². The van der Waals surface area contributed by atoms with Crippen molar-refractivity contribution in [3.63, 3.8) is 0 Å². The number of benzene rings is 1. The van der Waals surface area contributed by atoms with Crippen molar-refractivity contribution in [2.24, 2.45) is 11.8 Å². The van der Waals surface area contributed by atoms with Crippen molar-refractivity contribution in [1.29, 1.82) is 0 Å². The van der Waals surface area contributed by atoms with E-state index in [1.165, 1.54) is 7.11 Å². The van der Waals surface area contributed by atoms with Crippen LogP contribution in [-0.2, 0) is 9.53 Å². The number of nitrogens with zero attached hydrogens (tertiary/aromatic N) is 1. The van der Waals surface area contributed by atoms with Crippen LogP contribution in [0.25, 0.3) is 0 Å². The van der Waals surface area contributed by atoms with E-state index in [-0.39, 0.29) is 11.9 Å². The van der Waals surface area contributed by atoms with E-state index in [1.54, 1.807) is 0 Å². The highest BCUT2D eigenvalue weighted by atomic mass is 16.5. The minimum Gasteiger partial charge on any atom is -0.469 e. The fourth-order valence-corrected chi connectivity index (χ4v) is 3.50. The lowest BCUT2D eigenvalue weighted by Gasteiger charge is -2.23. The molecule has 1 aromatic rings. The Labute approximate surface area is 120 Å². The zero-order valence-electron chi connectivity index (χ0n) is 11.9. The van der Waals surface area contributed by atoms with Crippen LogP contribution >= 0.6 is 0 Å². The second kappa shape index (κ2) is 5.94. The molecule has 0 amide bonds. The van der Waals surface area contributed by atoms with Gasteiger partial charge in [-0.25, -0.2) is 0 Å². The monoisotopic (exact) mass is 274 g/mol. The van der Waals surface area contributed by atoms with Gasteiger partial charge in [0.1, 0.15) is 0 Å². The average molecular weight is 274 g/mol. The molecule has 108 valence electrons.